The second-order valence-corrected chi connectivity index (χ2v) is 7.23. The van der Waals surface area contributed by atoms with Gasteiger partial charge in [-0.2, -0.15) is 0 Å². The fourth-order valence-corrected chi connectivity index (χ4v) is 3.53. The standard InChI is InChI=1S/C25H27NO3/c1-18-21(11-6-12-23(18)22-9-3-2-4-10-22)14-13-19-7-5-8-20(15-19)16-26-24(17-27)25(28)29/h2-12,15,24,26-27H,13-14,16-17H2,1H3,(H,28,29). The van der Waals surface area contributed by atoms with Crippen molar-refractivity contribution < 1.29 is 15.0 Å². The molecule has 0 radical (unpaired) electrons. The summed E-state index contributed by atoms with van der Waals surface area (Å²) in [6, 6.07) is 24.1. The van der Waals surface area contributed by atoms with Crippen LogP contribution < -0.4 is 5.32 Å². The highest BCUT2D eigenvalue weighted by Crippen LogP contribution is 2.26. The molecule has 0 aromatic heterocycles. The van der Waals surface area contributed by atoms with Crippen molar-refractivity contribution in [1.82, 2.24) is 5.32 Å². The quantitative estimate of drug-likeness (QED) is 0.518. The van der Waals surface area contributed by atoms with Crippen LogP contribution >= 0.6 is 0 Å². The lowest BCUT2D eigenvalue weighted by Gasteiger charge is -2.13. The number of hydrogen-bond acceptors (Lipinski definition) is 3. The number of hydrogen-bond donors (Lipinski definition) is 3. The van der Waals surface area contributed by atoms with Crippen molar-refractivity contribution in [3.63, 3.8) is 0 Å². The first-order valence-corrected chi connectivity index (χ1v) is 9.87. The molecule has 0 bridgehead atoms. The van der Waals surface area contributed by atoms with Gasteiger partial charge in [0, 0.05) is 6.54 Å². The Bertz CT molecular complexity index is 953. The number of carboxylic acids is 1. The molecule has 3 N–H and O–H groups in total. The van der Waals surface area contributed by atoms with Crippen LogP contribution in [-0.4, -0.2) is 28.8 Å². The summed E-state index contributed by atoms with van der Waals surface area (Å²) in [5.74, 6) is -1.04. The smallest absolute Gasteiger partial charge is 0.323 e. The van der Waals surface area contributed by atoms with E-state index in [1.807, 2.05) is 18.2 Å². The molecule has 0 aliphatic heterocycles. The summed E-state index contributed by atoms with van der Waals surface area (Å²) in [5.41, 5.74) is 7.37. The molecular formula is C25H27NO3. The van der Waals surface area contributed by atoms with Gasteiger partial charge in [-0.3, -0.25) is 10.1 Å². The monoisotopic (exact) mass is 389 g/mol. The number of carbonyl (C=O) groups is 1. The Hall–Kier alpha value is -2.95. The second-order valence-electron chi connectivity index (χ2n) is 7.23. The Morgan fingerprint density at radius 2 is 1.66 bits per heavy atom. The van der Waals surface area contributed by atoms with E-state index in [0.717, 1.165) is 18.4 Å². The van der Waals surface area contributed by atoms with Crippen molar-refractivity contribution in [3.8, 4) is 11.1 Å². The van der Waals surface area contributed by atoms with E-state index < -0.39 is 18.6 Å². The largest absolute Gasteiger partial charge is 0.480 e. The number of nitrogens with one attached hydrogen (secondary N) is 1. The molecule has 0 saturated heterocycles. The first-order chi connectivity index (χ1) is 14.1. The normalized spacial score (nSPS) is 11.9. The minimum atomic E-state index is -1.04. The molecule has 1 atom stereocenters. The zero-order valence-corrected chi connectivity index (χ0v) is 16.6. The molecule has 4 heteroatoms. The van der Waals surface area contributed by atoms with Gasteiger partial charge in [0.05, 0.1) is 6.61 Å². The molecular weight excluding hydrogens is 362 g/mol. The third kappa shape index (κ3) is 5.53. The average molecular weight is 389 g/mol. The summed E-state index contributed by atoms with van der Waals surface area (Å²) in [5, 5.41) is 21.0. The lowest BCUT2D eigenvalue weighted by Crippen LogP contribution is -2.39. The van der Waals surface area contributed by atoms with E-state index in [4.69, 9.17) is 10.2 Å². The first kappa shape index (κ1) is 20.8. The van der Waals surface area contributed by atoms with Gasteiger partial charge in [0.1, 0.15) is 6.04 Å². The van der Waals surface area contributed by atoms with E-state index in [0.29, 0.717) is 6.54 Å². The van der Waals surface area contributed by atoms with Crippen molar-refractivity contribution in [1.29, 1.82) is 0 Å². The van der Waals surface area contributed by atoms with Crippen LogP contribution in [0.2, 0.25) is 0 Å². The second kappa shape index (κ2) is 10.0. The van der Waals surface area contributed by atoms with Gasteiger partial charge in [-0.05, 0) is 53.1 Å². The van der Waals surface area contributed by atoms with Gasteiger partial charge in [-0.25, -0.2) is 0 Å². The van der Waals surface area contributed by atoms with Crippen molar-refractivity contribution in [2.24, 2.45) is 0 Å². The number of benzene rings is 3. The molecule has 29 heavy (non-hydrogen) atoms. The van der Waals surface area contributed by atoms with E-state index in [9.17, 15) is 4.79 Å². The first-order valence-electron chi connectivity index (χ1n) is 9.87. The number of rotatable bonds is 9. The molecule has 0 amide bonds. The molecule has 0 saturated carbocycles. The van der Waals surface area contributed by atoms with Crippen LogP contribution in [0.15, 0.2) is 72.8 Å². The highest BCUT2D eigenvalue weighted by atomic mass is 16.4. The van der Waals surface area contributed by atoms with Gasteiger partial charge < -0.3 is 10.2 Å². The zero-order chi connectivity index (χ0) is 20.6. The van der Waals surface area contributed by atoms with Crippen molar-refractivity contribution in [2.75, 3.05) is 6.61 Å². The van der Waals surface area contributed by atoms with Gasteiger partial charge >= 0.3 is 5.97 Å². The summed E-state index contributed by atoms with van der Waals surface area (Å²) in [6.07, 6.45) is 1.85. The number of aryl methyl sites for hydroxylation is 2. The molecule has 0 heterocycles. The summed E-state index contributed by atoms with van der Waals surface area (Å²) < 4.78 is 0. The van der Waals surface area contributed by atoms with E-state index in [1.54, 1.807) is 0 Å². The summed E-state index contributed by atoms with van der Waals surface area (Å²) in [6.45, 7) is 2.17. The van der Waals surface area contributed by atoms with Gasteiger partial charge in [0.2, 0.25) is 0 Å². The number of aliphatic carboxylic acids is 1. The van der Waals surface area contributed by atoms with E-state index in [-0.39, 0.29) is 0 Å². The zero-order valence-electron chi connectivity index (χ0n) is 16.6. The predicted octanol–water partition coefficient (Wildman–Crippen LogP) is 3.98. The third-order valence-corrected chi connectivity index (χ3v) is 5.24. The molecule has 1 unspecified atom stereocenters. The summed E-state index contributed by atoms with van der Waals surface area (Å²) >= 11 is 0. The fourth-order valence-electron chi connectivity index (χ4n) is 3.53. The molecule has 4 nitrogen and oxygen atoms in total. The Morgan fingerprint density at radius 1 is 0.931 bits per heavy atom. The molecule has 0 fully saturated rings. The van der Waals surface area contributed by atoms with Gasteiger partial charge in [0.25, 0.3) is 0 Å². The Morgan fingerprint density at radius 3 is 2.38 bits per heavy atom. The minimum Gasteiger partial charge on any atom is -0.480 e. The van der Waals surface area contributed by atoms with Crippen molar-refractivity contribution >= 4 is 5.97 Å². The Kier molecular flexibility index (Phi) is 7.17. The van der Waals surface area contributed by atoms with Crippen LogP contribution in [0.1, 0.15) is 22.3 Å². The summed E-state index contributed by atoms with van der Waals surface area (Å²) in [7, 11) is 0. The van der Waals surface area contributed by atoms with Crippen LogP contribution in [0.4, 0.5) is 0 Å². The van der Waals surface area contributed by atoms with Gasteiger partial charge in [-0.1, -0.05) is 72.8 Å². The number of aliphatic hydroxyl groups is 1. The highest BCUT2D eigenvalue weighted by Gasteiger charge is 2.14. The van der Waals surface area contributed by atoms with Crippen molar-refractivity contribution in [3.05, 3.63) is 95.1 Å². The van der Waals surface area contributed by atoms with E-state index >= 15 is 0 Å². The SMILES string of the molecule is Cc1c(CCc2cccc(CNC(CO)C(=O)O)c2)cccc1-c1ccccc1. The molecule has 3 aromatic carbocycles. The topological polar surface area (TPSA) is 69.6 Å². The molecule has 3 rings (SSSR count). The average Bonchev–Trinajstić information content (AvgIpc) is 2.74. The maximum Gasteiger partial charge on any atom is 0.323 e. The lowest BCUT2D eigenvalue weighted by molar-refractivity contribution is -0.140. The maximum absolute atomic E-state index is 11.0. The van der Waals surface area contributed by atoms with Crippen LogP contribution in [0, 0.1) is 6.92 Å². The van der Waals surface area contributed by atoms with Crippen LogP contribution in [0.25, 0.3) is 11.1 Å². The van der Waals surface area contributed by atoms with E-state index in [2.05, 4.69) is 66.8 Å². The Labute approximate surface area is 171 Å². The molecule has 0 aliphatic carbocycles. The van der Waals surface area contributed by atoms with Gasteiger partial charge in [-0.15, -0.1) is 0 Å². The fraction of sp³-hybridized carbons (Fsp3) is 0.240. The van der Waals surface area contributed by atoms with Crippen molar-refractivity contribution in [2.45, 2.75) is 32.4 Å². The third-order valence-electron chi connectivity index (χ3n) is 5.24. The predicted molar refractivity (Wildman–Crippen MR) is 116 cm³/mol. The minimum absolute atomic E-state index is 0.411. The molecule has 150 valence electrons. The molecule has 3 aromatic rings. The van der Waals surface area contributed by atoms with Crippen LogP contribution in [-0.2, 0) is 24.2 Å². The molecule has 0 spiro atoms. The highest BCUT2D eigenvalue weighted by molar-refractivity contribution is 5.73. The van der Waals surface area contributed by atoms with Crippen LogP contribution in [0.3, 0.4) is 0 Å². The van der Waals surface area contributed by atoms with E-state index in [1.165, 1.54) is 27.8 Å². The molecule has 0 aliphatic rings. The summed E-state index contributed by atoms with van der Waals surface area (Å²) in [4.78, 5) is 11.0. The number of carboxylic acid groups (broad SMARTS) is 1. The number of aliphatic hydroxyl groups excluding tert-OH is 1. The van der Waals surface area contributed by atoms with Crippen LogP contribution in [0.5, 0.6) is 0 Å². The van der Waals surface area contributed by atoms with Gasteiger partial charge in [0.15, 0.2) is 0 Å². The maximum atomic E-state index is 11.0. The Balaban J connectivity index is 1.67. The lowest BCUT2D eigenvalue weighted by atomic mass is 9.93.